The second kappa shape index (κ2) is 8.57. The molecule has 1 amide bonds. The van der Waals surface area contributed by atoms with Crippen molar-refractivity contribution in [3.05, 3.63) is 77.1 Å². The van der Waals surface area contributed by atoms with E-state index < -0.39 is 0 Å². The predicted octanol–water partition coefficient (Wildman–Crippen LogP) is 3.28. The molecule has 1 aliphatic rings. The Balaban J connectivity index is 1.41. The average Bonchev–Trinajstić information content (AvgIpc) is 3.10. The van der Waals surface area contributed by atoms with E-state index in [0.717, 1.165) is 49.4 Å². The lowest BCUT2D eigenvalue weighted by atomic mass is 10.0. The quantitative estimate of drug-likeness (QED) is 0.727. The molecule has 2 heterocycles. The number of nitrogens with zero attached hydrogens (tertiary/aromatic N) is 4. The molecule has 0 radical (unpaired) electrons. The summed E-state index contributed by atoms with van der Waals surface area (Å²) < 4.78 is 1.73. The minimum absolute atomic E-state index is 0.128. The van der Waals surface area contributed by atoms with E-state index in [2.05, 4.69) is 44.8 Å². The number of piperidine rings is 1. The average molecular weight is 390 g/mol. The number of likely N-dealkylation sites (tertiary alicyclic amines) is 1. The number of carbonyl (C=O) groups is 1. The van der Waals surface area contributed by atoms with Gasteiger partial charge in [-0.25, -0.2) is 4.68 Å². The number of hydrogen-bond donors (Lipinski definition) is 1. The highest BCUT2D eigenvalue weighted by atomic mass is 16.2. The Kier molecular flexibility index (Phi) is 5.71. The van der Waals surface area contributed by atoms with Crippen molar-refractivity contribution in [2.24, 2.45) is 0 Å². The van der Waals surface area contributed by atoms with E-state index in [1.807, 2.05) is 44.2 Å². The third-order valence-electron chi connectivity index (χ3n) is 5.45. The van der Waals surface area contributed by atoms with E-state index in [0.29, 0.717) is 5.69 Å². The van der Waals surface area contributed by atoms with E-state index in [-0.39, 0.29) is 11.9 Å². The molecule has 150 valence electrons. The fourth-order valence-corrected chi connectivity index (χ4v) is 3.96. The molecule has 0 aliphatic carbocycles. The van der Waals surface area contributed by atoms with Crippen molar-refractivity contribution in [1.29, 1.82) is 0 Å². The van der Waals surface area contributed by atoms with Crippen molar-refractivity contribution >= 4 is 5.91 Å². The maximum atomic E-state index is 12.9. The Morgan fingerprint density at radius 3 is 2.76 bits per heavy atom. The molecule has 0 saturated carbocycles. The molecule has 1 N–H and O–H groups in total. The van der Waals surface area contributed by atoms with E-state index in [9.17, 15) is 4.79 Å². The summed E-state index contributed by atoms with van der Waals surface area (Å²) >= 11 is 0. The molecule has 1 saturated heterocycles. The highest BCUT2D eigenvalue weighted by Crippen LogP contribution is 2.16. The van der Waals surface area contributed by atoms with Gasteiger partial charge in [0, 0.05) is 19.1 Å². The van der Waals surface area contributed by atoms with Gasteiger partial charge in [-0.2, -0.15) is 0 Å². The molecule has 3 aromatic rings. The summed E-state index contributed by atoms with van der Waals surface area (Å²) in [6.45, 7) is 6.75. The van der Waals surface area contributed by atoms with Crippen LogP contribution in [0.5, 0.6) is 0 Å². The molecule has 6 nitrogen and oxygen atoms in total. The zero-order valence-electron chi connectivity index (χ0n) is 17.0. The lowest BCUT2D eigenvalue weighted by Crippen LogP contribution is -2.47. The monoisotopic (exact) mass is 389 g/mol. The second-order valence-corrected chi connectivity index (χ2v) is 7.81. The molecule has 0 bridgehead atoms. The van der Waals surface area contributed by atoms with Crippen molar-refractivity contribution in [2.45, 2.75) is 39.3 Å². The van der Waals surface area contributed by atoms with Gasteiger partial charge in [-0.1, -0.05) is 47.7 Å². The Labute approximate surface area is 171 Å². The topological polar surface area (TPSA) is 63.1 Å². The minimum Gasteiger partial charge on any atom is -0.347 e. The Morgan fingerprint density at radius 2 is 1.97 bits per heavy atom. The largest absolute Gasteiger partial charge is 0.347 e. The molecule has 2 aromatic carbocycles. The maximum absolute atomic E-state index is 12.9. The number of amides is 1. The predicted molar refractivity (Wildman–Crippen MR) is 113 cm³/mol. The van der Waals surface area contributed by atoms with E-state index in [4.69, 9.17) is 0 Å². The first-order chi connectivity index (χ1) is 14.1. The normalized spacial score (nSPS) is 17.2. The molecule has 1 aromatic heterocycles. The minimum atomic E-state index is -0.145. The van der Waals surface area contributed by atoms with Gasteiger partial charge < -0.3 is 5.32 Å². The summed E-state index contributed by atoms with van der Waals surface area (Å²) in [6.07, 6.45) is 2.06. The summed E-state index contributed by atoms with van der Waals surface area (Å²) in [7, 11) is 0. The van der Waals surface area contributed by atoms with Gasteiger partial charge in [0.05, 0.1) is 11.4 Å². The van der Waals surface area contributed by atoms with Crippen LogP contribution in [0.15, 0.2) is 54.6 Å². The van der Waals surface area contributed by atoms with Gasteiger partial charge in [0.25, 0.3) is 5.91 Å². The van der Waals surface area contributed by atoms with Crippen LogP contribution >= 0.6 is 0 Å². The van der Waals surface area contributed by atoms with Crippen LogP contribution in [0.25, 0.3) is 5.69 Å². The number of carbonyl (C=O) groups excluding carboxylic acids is 1. The van der Waals surface area contributed by atoms with Crippen molar-refractivity contribution in [3.8, 4) is 5.69 Å². The van der Waals surface area contributed by atoms with E-state index >= 15 is 0 Å². The summed E-state index contributed by atoms with van der Waals surface area (Å²) in [5.41, 5.74) is 4.51. The van der Waals surface area contributed by atoms with Crippen molar-refractivity contribution in [1.82, 2.24) is 25.2 Å². The van der Waals surface area contributed by atoms with Gasteiger partial charge in [-0.3, -0.25) is 9.69 Å². The first-order valence-electron chi connectivity index (χ1n) is 10.2. The SMILES string of the molecule is Cc1cccc(-n2nnc(C(=O)NC3CCCN(Cc4ccccc4)C3)c2C)c1. The maximum Gasteiger partial charge on any atom is 0.274 e. The highest BCUT2D eigenvalue weighted by Gasteiger charge is 2.24. The molecule has 1 aliphatic heterocycles. The lowest BCUT2D eigenvalue weighted by molar-refractivity contribution is 0.0895. The summed E-state index contributed by atoms with van der Waals surface area (Å²) in [5, 5.41) is 11.5. The second-order valence-electron chi connectivity index (χ2n) is 7.81. The summed E-state index contributed by atoms with van der Waals surface area (Å²) in [4.78, 5) is 15.3. The Morgan fingerprint density at radius 1 is 1.14 bits per heavy atom. The van der Waals surface area contributed by atoms with Gasteiger partial charge in [0.15, 0.2) is 5.69 Å². The summed E-state index contributed by atoms with van der Waals surface area (Å²) in [5.74, 6) is -0.145. The zero-order valence-corrected chi connectivity index (χ0v) is 17.0. The van der Waals surface area contributed by atoms with Crippen molar-refractivity contribution in [2.75, 3.05) is 13.1 Å². The van der Waals surface area contributed by atoms with E-state index in [1.54, 1.807) is 4.68 Å². The highest BCUT2D eigenvalue weighted by molar-refractivity contribution is 5.93. The molecular formula is C23H27N5O. The fourth-order valence-electron chi connectivity index (χ4n) is 3.96. The number of aromatic nitrogens is 3. The molecule has 1 atom stereocenters. The zero-order chi connectivity index (χ0) is 20.2. The third-order valence-corrected chi connectivity index (χ3v) is 5.45. The Hall–Kier alpha value is -2.99. The lowest BCUT2D eigenvalue weighted by Gasteiger charge is -2.33. The molecule has 0 spiro atoms. The standard InChI is InChI=1S/C23H27N5O/c1-17-8-6-12-21(14-17)28-18(2)22(25-26-28)23(29)24-20-11-7-13-27(16-20)15-19-9-4-3-5-10-19/h3-6,8-10,12,14,20H,7,11,13,15-16H2,1-2H3,(H,24,29). The van der Waals surface area contributed by atoms with Crippen LogP contribution in [-0.4, -0.2) is 44.9 Å². The third kappa shape index (κ3) is 4.54. The van der Waals surface area contributed by atoms with Gasteiger partial charge in [-0.05, 0) is 56.5 Å². The molecule has 1 fully saturated rings. The smallest absolute Gasteiger partial charge is 0.274 e. The first-order valence-corrected chi connectivity index (χ1v) is 10.2. The van der Waals surface area contributed by atoms with Gasteiger partial charge in [0.2, 0.25) is 0 Å². The van der Waals surface area contributed by atoms with Crippen LogP contribution in [0.4, 0.5) is 0 Å². The van der Waals surface area contributed by atoms with Crippen molar-refractivity contribution in [3.63, 3.8) is 0 Å². The van der Waals surface area contributed by atoms with Gasteiger partial charge in [-0.15, -0.1) is 5.10 Å². The first kappa shape index (κ1) is 19.3. The van der Waals surface area contributed by atoms with Gasteiger partial charge in [0.1, 0.15) is 0 Å². The van der Waals surface area contributed by atoms with Gasteiger partial charge >= 0.3 is 0 Å². The van der Waals surface area contributed by atoms with Crippen LogP contribution in [0.2, 0.25) is 0 Å². The number of rotatable bonds is 5. The molecule has 6 heteroatoms. The molecule has 29 heavy (non-hydrogen) atoms. The Bertz CT molecular complexity index is 982. The van der Waals surface area contributed by atoms with E-state index in [1.165, 1.54) is 5.56 Å². The van der Waals surface area contributed by atoms with Crippen LogP contribution in [-0.2, 0) is 6.54 Å². The number of hydrogen-bond acceptors (Lipinski definition) is 4. The molecule has 1 unspecified atom stereocenters. The number of aryl methyl sites for hydroxylation is 1. The molecule has 4 rings (SSSR count). The van der Waals surface area contributed by atoms with Crippen LogP contribution < -0.4 is 5.32 Å². The van der Waals surface area contributed by atoms with Crippen LogP contribution in [0.3, 0.4) is 0 Å². The molecular weight excluding hydrogens is 362 g/mol. The van der Waals surface area contributed by atoms with Crippen LogP contribution in [0, 0.1) is 13.8 Å². The number of nitrogens with one attached hydrogen (secondary N) is 1. The van der Waals surface area contributed by atoms with Crippen molar-refractivity contribution < 1.29 is 4.79 Å². The summed E-state index contributed by atoms with van der Waals surface area (Å²) in [6, 6.07) is 18.6. The van der Waals surface area contributed by atoms with Crippen LogP contribution in [0.1, 0.15) is 40.2 Å². The fraction of sp³-hybridized carbons (Fsp3) is 0.348. The number of benzene rings is 2.